The van der Waals surface area contributed by atoms with E-state index < -0.39 is 22.2 Å². The Labute approximate surface area is 168 Å². The molecule has 0 radical (unpaired) electrons. The zero-order valence-electron chi connectivity index (χ0n) is 14.7. The van der Waals surface area contributed by atoms with Crippen LogP contribution in [0.1, 0.15) is 16.7 Å². The smallest absolute Gasteiger partial charge is 0.258 e. The number of hydrogen-bond donors (Lipinski definition) is 0. The Hall–Kier alpha value is -3.38. The van der Waals surface area contributed by atoms with Crippen molar-refractivity contribution in [2.24, 2.45) is 0 Å². The van der Waals surface area contributed by atoms with Crippen molar-refractivity contribution in [2.75, 3.05) is 0 Å². The largest absolute Gasteiger partial charge is 0.417 e. The lowest BCUT2D eigenvalue weighted by atomic mass is 10.1. The van der Waals surface area contributed by atoms with Crippen molar-refractivity contribution >= 4 is 17.4 Å². The monoisotopic (exact) mass is 415 g/mol. The summed E-state index contributed by atoms with van der Waals surface area (Å²) in [5, 5.41) is 20.0. The topological polar surface area (TPSA) is 79.8 Å². The van der Waals surface area contributed by atoms with Gasteiger partial charge in [-0.3, -0.25) is 10.1 Å². The molecule has 0 saturated carbocycles. The molecule has 5 nitrogen and oxygen atoms in total. The first kappa shape index (κ1) is 20.4. The van der Waals surface area contributed by atoms with Gasteiger partial charge < -0.3 is 0 Å². The third-order valence-corrected chi connectivity index (χ3v) is 5.04. The molecule has 2 aromatic carbocycles. The standard InChI is InChI=1S/C20H12F3N3O2S/c21-20(22,23)17-10-18(14-4-2-1-3-5-14)25-19(16(17)11-24)29-12-13-6-8-15(9-7-13)26(27)28/h1-10H,12H2. The van der Waals surface area contributed by atoms with Crippen molar-refractivity contribution in [3.63, 3.8) is 0 Å². The molecule has 0 aliphatic rings. The SMILES string of the molecule is N#Cc1c(C(F)(F)F)cc(-c2ccccc2)nc1SCc1ccc([N+](=O)[O-])cc1. The van der Waals surface area contributed by atoms with Gasteiger partial charge in [-0.25, -0.2) is 4.98 Å². The van der Waals surface area contributed by atoms with Crippen molar-refractivity contribution < 1.29 is 18.1 Å². The molecule has 0 amide bonds. The summed E-state index contributed by atoms with van der Waals surface area (Å²) in [7, 11) is 0. The van der Waals surface area contributed by atoms with Crippen LogP contribution in [0, 0.1) is 21.4 Å². The molecule has 0 atom stereocenters. The van der Waals surface area contributed by atoms with Gasteiger partial charge in [0, 0.05) is 23.4 Å². The molecule has 0 aliphatic heterocycles. The molecule has 0 spiro atoms. The van der Waals surface area contributed by atoms with E-state index in [4.69, 9.17) is 0 Å². The van der Waals surface area contributed by atoms with Gasteiger partial charge in [0.15, 0.2) is 0 Å². The summed E-state index contributed by atoms with van der Waals surface area (Å²) in [6.07, 6.45) is -4.71. The fourth-order valence-electron chi connectivity index (χ4n) is 2.58. The number of aromatic nitrogens is 1. The minimum absolute atomic E-state index is 0.0421. The third-order valence-electron chi connectivity index (χ3n) is 4.00. The van der Waals surface area contributed by atoms with Crippen molar-refractivity contribution in [1.29, 1.82) is 5.26 Å². The molecule has 0 fully saturated rings. The van der Waals surface area contributed by atoms with Gasteiger partial charge in [-0.15, -0.1) is 11.8 Å². The first-order chi connectivity index (χ1) is 13.8. The minimum Gasteiger partial charge on any atom is -0.258 e. The predicted octanol–water partition coefficient (Wildman–Crippen LogP) is 5.84. The Kier molecular flexibility index (Phi) is 5.84. The molecule has 29 heavy (non-hydrogen) atoms. The number of nitro groups is 1. The van der Waals surface area contributed by atoms with E-state index in [1.165, 1.54) is 24.3 Å². The van der Waals surface area contributed by atoms with E-state index in [0.717, 1.165) is 17.8 Å². The van der Waals surface area contributed by atoms with Crippen LogP contribution in [0.3, 0.4) is 0 Å². The Morgan fingerprint density at radius 3 is 2.31 bits per heavy atom. The lowest BCUT2D eigenvalue weighted by molar-refractivity contribution is -0.384. The van der Waals surface area contributed by atoms with Crippen molar-refractivity contribution in [2.45, 2.75) is 17.0 Å². The van der Waals surface area contributed by atoms with Crippen LogP contribution in [0.2, 0.25) is 0 Å². The van der Waals surface area contributed by atoms with Crippen molar-refractivity contribution in [3.8, 4) is 17.3 Å². The molecule has 0 saturated heterocycles. The number of thioether (sulfide) groups is 1. The van der Waals surface area contributed by atoms with E-state index in [-0.39, 0.29) is 22.2 Å². The van der Waals surface area contributed by atoms with Crippen LogP contribution in [-0.4, -0.2) is 9.91 Å². The molecule has 0 aliphatic carbocycles. The van der Waals surface area contributed by atoms with E-state index in [2.05, 4.69) is 4.98 Å². The van der Waals surface area contributed by atoms with E-state index in [0.29, 0.717) is 11.1 Å². The zero-order valence-corrected chi connectivity index (χ0v) is 15.5. The molecular weight excluding hydrogens is 403 g/mol. The number of pyridine rings is 1. The molecule has 9 heteroatoms. The molecule has 0 bridgehead atoms. The second-order valence-corrected chi connectivity index (χ2v) is 6.89. The second kappa shape index (κ2) is 8.32. The maximum Gasteiger partial charge on any atom is 0.417 e. The Morgan fingerprint density at radius 2 is 1.76 bits per heavy atom. The highest BCUT2D eigenvalue weighted by atomic mass is 32.2. The molecule has 3 rings (SSSR count). The van der Waals surface area contributed by atoms with E-state index in [9.17, 15) is 28.5 Å². The van der Waals surface area contributed by atoms with Crippen LogP contribution in [0.15, 0.2) is 65.7 Å². The normalized spacial score (nSPS) is 11.1. The molecule has 1 aromatic heterocycles. The summed E-state index contributed by atoms with van der Waals surface area (Å²) in [5.41, 5.74) is -0.392. The van der Waals surface area contributed by atoms with Gasteiger partial charge in [-0.2, -0.15) is 18.4 Å². The zero-order chi connectivity index (χ0) is 21.0. The van der Waals surface area contributed by atoms with E-state index in [1.807, 2.05) is 0 Å². The fraction of sp³-hybridized carbons (Fsp3) is 0.100. The summed E-state index contributed by atoms with van der Waals surface area (Å²) in [4.78, 5) is 14.5. The number of benzene rings is 2. The number of alkyl halides is 3. The molecule has 3 aromatic rings. The van der Waals surface area contributed by atoms with Gasteiger partial charge in [0.2, 0.25) is 0 Å². The maximum atomic E-state index is 13.5. The Balaban J connectivity index is 2.00. The van der Waals surface area contributed by atoms with Gasteiger partial charge in [0.1, 0.15) is 11.1 Å². The highest BCUT2D eigenvalue weighted by molar-refractivity contribution is 7.98. The number of hydrogen-bond acceptors (Lipinski definition) is 5. The highest BCUT2D eigenvalue weighted by Crippen LogP contribution is 2.38. The van der Waals surface area contributed by atoms with Gasteiger partial charge in [0.05, 0.1) is 21.7 Å². The van der Waals surface area contributed by atoms with Gasteiger partial charge in [-0.1, -0.05) is 42.5 Å². The molecule has 0 N–H and O–H groups in total. The van der Waals surface area contributed by atoms with E-state index in [1.54, 1.807) is 36.4 Å². The highest BCUT2D eigenvalue weighted by Gasteiger charge is 2.36. The molecule has 146 valence electrons. The average molecular weight is 415 g/mol. The second-order valence-electron chi connectivity index (χ2n) is 5.92. The Morgan fingerprint density at radius 1 is 1.10 bits per heavy atom. The van der Waals surface area contributed by atoms with Crippen molar-refractivity contribution in [3.05, 3.63) is 87.5 Å². The third kappa shape index (κ3) is 4.73. The van der Waals surface area contributed by atoms with Gasteiger partial charge in [-0.05, 0) is 11.6 Å². The van der Waals surface area contributed by atoms with Crippen LogP contribution in [0.4, 0.5) is 18.9 Å². The van der Waals surface area contributed by atoms with Crippen molar-refractivity contribution in [1.82, 2.24) is 4.98 Å². The molecule has 0 unspecified atom stereocenters. The summed E-state index contributed by atoms with van der Waals surface area (Å²) < 4.78 is 40.6. The average Bonchev–Trinajstić information content (AvgIpc) is 2.71. The first-order valence-electron chi connectivity index (χ1n) is 8.23. The van der Waals surface area contributed by atoms with Gasteiger partial charge >= 0.3 is 6.18 Å². The number of non-ortho nitro benzene ring substituents is 1. The van der Waals surface area contributed by atoms with Crippen LogP contribution in [-0.2, 0) is 11.9 Å². The van der Waals surface area contributed by atoms with Crippen LogP contribution in [0.5, 0.6) is 0 Å². The molecular formula is C20H12F3N3O2S. The first-order valence-corrected chi connectivity index (χ1v) is 9.22. The summed E-state index contributed by atoms with van der Waals surface area (Å²) in [5.74, 6) is 0.204. The van der Waals surface area contributed by atoms with Gasteiger partial charge in [0.25, 0.3) is 5.69 Å². The van der Waals surface area contributed by atoms with Crippen LogP contribution in [0.25, 0.3) is 11.3 Å². The summed E-state index contributed by atoms with van der Waals surface area (Å²) in [6.45, 7) is 0. The lowest BCUT2D eigenvalue weighted by Crippen LogP contribution is -2.10. The van der Waals surface area contributed by atoms with Crippen LogP contribution < -0.4 is 0 Å². The fourth-order valence-corrected chi connectivity index (χ4v) is 3.54. The lowest BCUT2D eigenvalue weighted by Gasteiger charge is -2.14. The maximum absolute atomic E-state index is 13.5. The quantitative estimate of drug-likeness (QED) is 0.297. The summed E-state index contributed by atoms with van der Waals surface area (Å²) >= 11 is 0.975. The number of nitrogens with zero attached hydrogens (tertiary/aromatic N) is 3. The number of nitro benzene ring substituents is 1. The number of rotatable bonds is 5. The summed E-state index contributed by atoms with van der Waals surface area (Å²) in [6, 6.07) is 16.5. The van der Waals surface area contributed by atoms with Crippen LogP contribution >= 0.6 is 11.8 Å². The van der Waals surface area contributed by atoms with E-state index >= 15 is 0 Å². The number of halogens is 3. The minimum atomic E-state index is -4.71. The number of nitriles is 1. The Bertz CT molecular complexity index is 1080. The predicted molar refractivity (Wildman–Crippen MR) is 102 cm³/mol. The molecule has 1 heterocycles.